The van der Waals surface area contributed by atoms with Crippen LogP contribution in [-0.4, -0.2) is 37.2 Å². The van der Waals surface area contributed by atoms with Crippen LogP contribution < -0.4 is 0 Å². The van der Waals surface area contributed by atoms with Crippen molar-refractivity contribution in [3.05, 3.63) is 0 Å². The third-order valence-electron chi connectivity index (χ3n) is 1.31. The number of hydrogen-bond acceptors (Lipinski definition) is 3. The number of ether oxygens (including phenoxy) is 1. The fourth-order valence-corrected chi connectivity index (χ4v) is 1.89. The van der Waals surface area contributed by atoms with Crippen LogP contribution in [0.25, 0.3) is 0 Å². The van der Waals surface area contributed by atoms with E-state index < -0.39 is 9.28 Å². The van der Waals surface area contributed by atoms with Crippen LogP contribution >= 0.6 is 0 Å². The molecule has 0 amide bonds. The van der Waals surface area contributed by atoms with Crippen LogP contribution in [0.3, 0.4) is 0 Å². The largest absolute Gasteiger partial charge is 0.400 e. The van der Waals surface area contributed by atoms with Crippen molar-refractivity contribution in [2.75, 3.05) is 27.9 Å². The second-order valence-corrected chi connectivity index (χ2v) is 4.42. The molecule has 0 N–H and O–H groups in total. The Morgan fingerprint density at radius 1 is 1.10 bits per heavy atom. The lowest BCUT2D eigenvalue weighted by molar-refractivity contribution is 0.194. The highest BCUT2D eigenvalue weighted by Crippen LogP contribution is 1.98. The molecule has 0 aliphatic rings. The van der Waals surface area contributed by atoms with Gasteiger partial charge in [0.15, 0.2) is 0 Å². The quantitative estimate of drug-likeness (QED) is 0.423. The second-order valence-electron chi connectivity index (χ2n) is 2.04. The topological polar surface area (TPSA) is 27.7 Å². The molecule has 0 radical (unpaired) electrons. The first-order valence-electron chi connectivity index (χ1n) is 3.39. The first-order chi connectivity index (χ1) is 4.85. The maximum Gasteiger partial charge on any atom is 0.320 e. The molecular weight excluding hydrogens is 148 g/mol. The van der Waals surface area contributed by atoms with E-state index in [0.717, 1.165) is 19.1 Å². The highest BCUT2D eigenvalue weighted by molar-refractivity contribution is 6.44. The van der Waals surface area contributed by atoms with Gasteiger partial charge in [-0.2, -0.15) is 0 Å². The summed E-state index contributed by atoms with van der Waals surface area (Å²) in [6.45, 7) is 0.802. The molecule has 10 heavy (non-hydrogen) atoms. The van der Waals surface area contributed by atoms with Crippen LogP contribution in [0.1, 0.15) is 6.42 Å². The number of rotatable bonds is 6. The average molecular weight is 164 g/mol. The van der Waals surface area contributed by atoms with Crippen molar-refractivity contribution in [2.45, 2.75) is 12.5 Å². The standard InChI is InChI=1S/C6H16O3Si/c1-7-5-4-6-10(8-2)9-3/h10H,4-6H2,1-3H3. The molecule has 0 saturated carbocycles. The fraction of sp³-hybridized carbons (Fsp3) is 1.00. The number of methoxy groups -OCH3 is 1. The zero-order valence-corrected chi connectivity index (χ0v) is 8.08. The van der Waals surface area contributed by atoms with Gasteiger partial charge in [0, 0.05) is 27.9 Å². The summed E-state index contributed by atoms with van der Waals surface area (Å²) in [6, 6.07) is 1.03. The van der Waals surface area contributed by atoms with Gasteiger partial charge in [0.05, 0.1) is 0 Å². The molecule has 0 aliphatic carbocycles. The van der Waals surface area contributed by atoms with Gasteiger partial charge in [-0.15, -0.1) is 0 Å². The molecule has 4 heteroatoms. The molecule has 0 fully saturated rings. The summed E-state index contributed by atoms with van der Waals surface area (Å²) in [6.07, 6.45) is 1.04. The van der Waals surface area contributed by atoms with E-state index in [1.807, 2.05) is 0 Å². The second kappa shape index (κ2) is 7.21. The molecular formula is C6H16O3Si. The van der Waals surface area contributed by atoms with Crippen molar-refractivity contribution in [1.29, 1.82) is 0 Å². The smallest absolute Gasteiger partial charge is 0.320 e. The molecule has 0 rings (SSSR count). The predicted molar refractivity (Wildman–Crippen MR) is 42.5 cm³/mol. The lowest BCUT2D eigenvalue weighted by atomic mass is 10.5. The van der Waals surface area contributed by atoms with Crippen LogP contribution in [0.15, 0.2) is 0 Å². The van der Waals surface area contributed by atoms with Crippen LogP contribution in [0.4, 0.5) is 0 Å². The van der Waals surface area contributed by atoms with E-state index >= 15 is 0 Å². The summed E-state index contributed by atoms with van der Waals surface area (Å²) in [4.78, 5) is 0. The van der Waals surface area contributed by atoms with Gasteiger partial charge in [-0.1, -0.05) is 0 Å². The summed E-state index contributed by atoms with van der Waals surface area (Å²) in [5.41, 5.74) is 0. The molecule has 0 bridgehead atoms. The molecule has 0 unspecified atom stereocenters. The van der Waals surface area contributed by atoms with Crippen molar-refractivity contribution in [2.24, 2.45) is 0 Å². The van der Waals surface area contributed by atoms with Crippen molar-refractivity contribution < 1.29 is 13.6 Å². The Kier molecular flexibility index (Phi) is 7.28. The first-order valence-corrected chi connectivity index (χ1v) is 5.15. The highest BCUT2D eigenvalue weighted by atomic mass is 28.3. The average Bonchev–Trinajstić information content (AvgIpc) is 1.99. The third kappa shape index (κ3) is 4.93. The minimum Gasteiger partial charge on any atom is -0.400 e. The Morgan fingerprint density at radius 3 is 2.10 bits per heavy atom. The minimum absolute atomic E-state index is 0.802. The maximum absolute atomic E-state index is 5.11. The van der Waals surface area contributed by atoms with E-state index in [-0.39, 0.29) is 0 Å². The molecule has 0 aromatic carbocycles. The van der Waals surface area contributed by atoms with Crippen molar-refractivity contribution in [3.8, 4) is 0 Å². The summed E-state index contributed by atoms with van der Waals surface area (Å²) in [7, 11) is 3.80. The van der Waals surface area contributed by atoms with Gasteiger partial charge in [-0.25, -0.2) is 0 Å². The van der Waals surface area contributed by atoms with Gasteiger partial charge >= 0.3 is 9.28 Å². The molecule has 0 atom stereocenters. The van der Waals surface area contributed by atoms with Gasteiger partial charge in [-0.05, 0) is 12.5 Å². The molecule has 0 heterocycles. The summed E-state index contributed by atoms with van der Waals surface area (Å²) in [5.74, 6) is 0. The van der Waals surface area contributed by atoms with Gasteiger partial charge in [0.2, 0.25) is 0 Å². The number of hydrogen-bond donors (Lipinski definition) is 0. The maximum atomic E-state index is 5.11. The Hall–Kier alpha value is 0.0969. The summed E-state index contributed by atoms with van der Waals surface area (Å²) < 4.78 is 15.1. The van der Waals surface area contributed by atoms with E-state index in [4.69, 9.17) is 13.6 Å². The molecule has 3 nitrogen and oxygen atoms in total. The van der Waals surface area contributed by atoms with Crippen molar-refractivity contribution >= 4 is 9.28 Å². The SMILES string of the molecule is COCCC[SiH](OC)OC. The van der Waals surface area contributed by atoms with Gasteiger partial charge in [0.1, 0.15) is 0 Å². The molecule has 0 aromatic heterocycles. The van der Waals surface area contributed by atoms with E-state index in [9.17, 15) is 0 Å². The summed E-state index contributed by atoms with van der Waals surface area (Å²) >= 11 is 0. The van der Waals surface area contributed by atoms with Crippen LogP contribution in [0.2, 0.25) is 6.04 Å². The van der Waals surface area contributed by atoms with Gasteiger partial charge < -0.3 is 13.6 Å². The van der Waals surface area contributed by atoms with Crippen molar-refractivity contribution in [3.63, 3.8) is 0 Å². The van der Waals surface area contributed by atoms with E-state index in [1.54, 1.807) is 21.3 Å². The lowest BCUT2D eigenvalue weighted by Gasteiger charge is -2.09. The van der Waals surface area contributed by atoms with E-state index in [1.165, 1.54) is 0 Å². The van der Waals surface area contributed by atoms with Crippen LogP contribution in [0, 0.1) is 0 Å². The Morgan fingerprint density at radius 2 is 1.70 bits per heavy atom. The summed E-state index contributed by atoms with van der Waals surface area (Å²) in [5, 5.41) is 0. The predicted octanol–water partition coefficient (Wildman–Crippen LogP) is 0.536. The highest BCUT2D eigenvalue weighted by Gasteiger charge is 2.07. The minimum atomic E-state index is -1.30. The fourth-order valence-electron chi connectivity index (χ4n) is 0.726. The van der Waals surface area contributed by atoms with Gasteiger partial charge in [-0.3, -0.25) is 0 Å². The Balaban J connectivity index is 3.09. The van der Waals surface area contributed by atoms with Crippen LogP contribution in [0.5, 0.6) is 0 Å². The zero-order chi connectivity index (χ0) is 7.82. The van der Waals surface area contributed by atoms with Crippen molar-refractivity contribution in [1.82, 2.24) is 0 Å². The zero-order valence-electron chi connectivity index (χ0n) is 6.92. The molecule has 0 saturated heterocycles. The Bertz CT molecular complexity index is 66.0. The lowest BCUT2D eigenvalue weighted by Crippen LogP contribution is -2.18. The third-order valence-corrected chi connectivity index (χ3v) is 3.25. The Labute approximate surface area is 64.1 Å². The molecule has 0 aromatic rings. The molecule has 0 spiro atoms. The van der Waals surface area contributed by atoms with E-state index in [2.05, 4.69) is 0 Å². The molecule has 0 aliphatic heterocycles. The first kappa shape index (κ1) is 10.1. The monoisotopic (exact) mass is 164 g/mol. The molecule has 62 valence electrons. The van der Waals surface area contributed by atoms with Gasteiger partial charge in [0.25, 0.3) is 0 Å². The normalized spacial score (nSPS) is 10.8. The van der Waals surface area contributed by atoms with E-state index in [0.29, 0.717) is 0 Å². The van der Waals surface area contributed by atoms with Crippen LogP contribution in [-0.2, 0) is 13.6 Å².